The van der Waals surface area contributed by atoms with Crippen LogP contribution in [-0.2, 0) is 28.7 Å². The lowest BCUT2D eigenvalue weighted by atomic mass is 9.99. The molecule has 1 saturated carbocycles. The van der Waals surface area contributed by atoms with E-state index < -0.39 is 11.7 Å². The number of hydrogen-bond donors (Lipinski definition) is 1. The fourth-order valence-corrected chi connectivity index (χ4v) is 4.68. The highest BCUT2D eigenvalue weighted by Crippen LogP contribution is 2.33. The van der Waals surface area contributed by atoms with Gasteiger partial charge in [-0.05, 0) is 73.4 Å². The minimum Gasteiger partial charge on any atom is -0.459 e. The van der Waals surface area contributed by atoms with Crippen molar-refractivity contribution in [1.82, 2.24) is 24.5 Å². The number of anilines is 2. The highest BCUT2D eigenvalue weighted by atomic mass is 19.4. The van der Waals surface area contributed by atoms with Crippen LogP contribution >= 0.6 is 0 Å². The molecular weight excluding hydrogens is 585 g/mol. The Bertz CT molecular complexity index is 1870. The summed E-state index contributed by atoms with van der Waals surface area (Å²) >= 11 is 0. The first kappa shape index (κ1) is 29.7. The lowest BCUT2D eigenvalue weighted by Gasteiger charge is -2.14. The van der Waals surface area contributed by atoms with E-state index in [-0.39, 0.29) is 41.9 Å². The molecule has 0 saturated heterocycles. The Kier molecular flexibility index (Phi) is 8.12. The Balaban J connectivity index is 1.21. The van der Waals surface area contributed by atoms with E-state index in [4.69, 9.17) is 4.74 Å². The lowest BCUT2D eigenvalue weighted by molar-refractivity contribution is -0.146. The molecule has 1 aliphatic rings. The number of carbonyl (C=O) groups excluding carboxylic acids is 2. The molecule has 3 aromatic heterocycles. The van der Waals surface area contributed by atoms with Gasteiger partial charge in [-0.2, -0.15) is 13.2 Å². The van der Waals surface area contributed by atoms with Gasteiger partial charge in [0, 0.05) is 53.7 Å². The number of carbonyl (C=O) groups is 2. The van der Waals surface area contributed by atoms with Gasteiger partial charge in [-0.25, -0.2) is 15.0 Å². The number of alkyl halides is 3. The number of aromatic nitrogens is 5. The average Bonchev–Trinajstić information content (AvgIpc) is 3.78. The molecule has 6 rings (SSSR count). The van der Waals surface area contributed by atoms with Crippen LogP contribution in [0.1, 0.15) is 45.6 Å². The van der Waals surface area contributed by atoms with Crippen molar-refractivity contribution in [2.45, 2.75) is 39.0 Å². The van der Waals surface area contributed by atoms with Crippen molar-refractivity contribution in [2.75, 3.05) is 5.32 Å². The van der Waals surface area contributed by atoms with Gasteiger partial charge in [-0.3, -0.25) is 14.6 Å². The van der Waals surface area contributed by atoms with Crippen LogP contribution in [0.15, 0.2) is 85.7 Å². The van der Waals surface area contributed by atoms with Crippen molar-refractivity contribution in [1.29, 1.82) is 0 Å². The molecule has 0 atom stereocenters. The zero-order valence-electron chi connectivity index (χ0n) is 24.1. The zero-order chi connectivity index (χ0) is 31.6. The Hall–Kier alpha value is -5.39. The van der Waals surface area contributed by atoms with Crippen molar-refractivity contribution in [3.8, 4) is 16.9 Å². The monoisotopic (exact) mass is 612 g/mol. The summed E-state index contributed by atoms with van der Waals surface area (Å²) in [6, 6.07) is 13.9. The highest BCUT2D eigenvalue weighted by molar-refractivity contribution is 5.98. The molecule has 9 nitrogen and oxygen atoms in total. The molecule has 1 aliphatic carbocycles. The van der Waals surface area contributed by atoms with Crippen LogP contribution < -0.4 is 5.32 Å². The first-order valence-electron chi connectivity index (χ1n) is 14.2. The third-order valence-electron chi connectivity index (χ3n) is 7.30. The van der Waals surface area contributed by atoms with Crippen molar-refractivity contribution in [2.24, 2.45) is 5.92 Å². The number of esters is 1. The number of Topliss-reactive ketones (excluding diaryl/α,β-unsaturated/α-hetero) is 1. The number of halogens is 3. The molecule has 0 aliphatic heterocycles. The summed E-state index contributed by atoms with van der Waals surface area (Å²) in [7, 11) is 0. The number of rotatable bonds is 10. The van der Waals surface area contributed by atoms with Gasteiger partial charge in [-0.15, -0.1) is 0 Å². The van der Waals surface area contributed by atoms with E-state index in [1.165, 1.54) is 23.2 Å². The van der Waals surface area contributed by atoms with Gasteiger partial charge >= 0.3 is 12.1 Å². The Morgan fingerprint density at radius 2 is 1.89 bits per heavy atom. The average molecular weight is 613 g/mol. The topological polar surface area (TPSA) is 112 Å². The fraction of sp³-hybridized carbons (Fsp3) is 0.212. The highest BCUT2D eigenvalue weighted by Gasteiger charge is 2.32. The number of hydrogen-bond acceptors (Lipinski definition) is 8. The second-order valence-electron chi connectivity index (χ2n) is 10.8. The number of imidazole rings is 1. The molecule has 0 spiro atoms. The summed E-state index contributed by atoms with van der Waals surface area (Å²) < 4.78 is 48.3. The van der Waals surface area contributed by atoms with E-state index in [0.717, 1.165) is 36.1 Å². The summed E-state index contributed by atoms with van der Waals surface area (Å²) in [6.45, 7) is 1.78. The quantitative estimate of drug-likeness (QED) is 0.137. The number of pyridine rings is 1. The predicted octanol–water partition coefficient (Wildman–Crippen LogP) is 6.67. The minimum atomic E-state index is -4.64. The lowest BCUT2D eigenvalue weighted by Crippen LogP contribution is -2.10. The van der Waals surface area contributed by atoms with Crippen molar-refractivity contribution < 1.29 is 27.5 Å². The summed E-state index contributed by atoms with van der Waals surface area (Å²) in [5.74, 6) is -0.433. The third-order valence-corrected chi connectivity index (χ3v) is 7.30. The molecule has 1 fully saturated rings. The van der Waals surface area contributed by atoms with E-state index in [1.807, 2.05) is 13.0 Å². The summed E-state index contributed by atoms with van der Waals surface area (Å²) in [4.78, 5) is 42.3. The normalized spacial score (nSPS) is 13.0. The second kappa shape index (κ2) is 12.3. The van der Waals surface area contributed by atoms with Crippen LogP contribution in [0.2, 0.25) is 0 Å². The summed E-state index contributed by atoms with van der Waals surface area (Å²) in [5, 5.41) is 3.14. The van der Waals surface area contributed by atoms with Crippen LogP contribution in [-0.4, -0.2) is 36.3 Å². The van der Waals surface area contributed by atoms with E-state index >= 15 is 0 Å². The van der Waals surface area contributed by atoms with E-state index in [1.54, 1.807) is 48.9 Å². The molecule has 5 aromatic rings. The van der Waals surface area contributed by atoms with Crippen molar-refractivity contribution >= 4 is 23.4 Å². The molecule has 12 heteroatoms. The van der Waals surface area contributed by atoms with Gasteiger partial charge in [0.2, 0.25) is 5.95 Å². The molecular formula is C33H27F3N6O3. The standard InChI is InChI=1S/C33H27F3N6O3/c1-20-4-5-23(14-29(20)41-32-38-10-8-28(40-32)24-3-2-9-37-16-24)30(43)13-21-11-25(33(34,35)36)15-27(12-21)42-17-26(39-19-42)18-45-31(44)22-6-7-22/h2-5,8-12,14-17,19,22H,6-7,13,18H2,1H3,(H,38,40,41). The Morgan fingerprint density at radius 1 is 1.04 bits per heavy atom. The molecule has 0 unspecified atom stereocenters. The van der Waals surface area contributed by atoms with Crippen LogP contribution in [0.5, 0.6) is 0 Å². The number of ketones is 1. The van der Waals surface area contributed by atoms with Gasteiger partial charge in [0.05, 0.1) is 29.2 Å². The SMILES string of the molecule is Cc1ccc(C(=O)Cc2cc(-n3cnc(COC(=O)C4CC4)c3)cc(C(F)(F)F)c2)cc1Nc1nccc(-c2cccnc2)n1. The molecule has 0 bridgehead atoms. The molecule has 0 radical (unpaired) electrons. The summed E-state index contributed by atoms with van der Waals surface area (Å²) in [6.07, 6.45) is 4.51. The maximum Gasteiger partial charge on any atom is 0.416 e. The van der Waals surface area contributed by atoms with Crippen LogP contribution in [0.25, 0.3) is 16.9 Å². The van der Waals surface area contributed by atoms with Crippen LogP contribution in [0, 0.1) is 12.8 Å². The summed E-state index contributed by atoms with van der Waals surface area (Å²) in [5.41, 5.74) is 3.06. The maximum absolute atomic E-state index is 13.9. The molecule has 2 aromatic carbocycles. The van der Waals surface area contributed by atoms with Gasteiger partial charge in [0.1, 0.15) is 6.61 Å². The number of ether oxygens (including phenoxy) is 1. The number of benzene rings is 2. The van der Waals surface area contributed by atoms with Crippen LogP contribution in [0.4, 0.5) is 24.8 Å². The van der Waals surface area contributed by atoms with Gasteiger partial charge in [0.25, 0.3) is 0 Å². The molecule has 3 heterocycles. The largest absolute Gasteiger partial charge is 0.459 e. The zero-order valence-corrected chi connectivity index (χ0v) is 24.1. The van der Waals surface area contributed by atoms with Crippen LogP contribution in [0.3, 0.4) is 0 Å². The smallest absolute Gasteiger partial charge is 0.416 e. The van der Waals surface area contributed by atoms with Crippen molar-refractivity contribution in [3.05, 3.63) is 114 Å². The number of nitrogens with one attached hydrogen (secondary N) is 1. The Morgan fingerprint density at radius 3 is 2.64 bits per heavy atom. The van der Waals surface area contributed by atoms with Crippen molar-refractivity contribution in [3.63, 3.8) is 0 Å². The Labute approximate surface area is 256 Å². The number of nitrogens with zero attached hydrogens (tertiary/aromatic N) is 5. The minimum absolute atomic E-state index is 0.0742. The van der Waals surface area contributed by atoms with E-state index in [0.29, 0.717) is 28.6 Å². The van der Waals surface area contributed by atoms with Gasteiger partial charge < -0.3 is 14.6 Å². The molecule has 228 valence electrons. The van der Waals surface area contributed by atoms with Gasteiger partial charge in [-0.1, -0.05) is 12.1 Å². The maximum atomic E-state index is 13.9. The first-order chi connectivity index (χ1) is 21.6. The second-order valence-corrected chi connectivity index (χ2v) is 10.8. The third kappa shape index (κ3) is 7.23. The number of aryl methyl sites for hydroxylation is 1. The first-order valence-corrected chi connectivity index (χ1v) is 14.2. The predicted molar refractivity (Wildman–Crippen MR) is 159 cm³/mol. The molecule has 0 amide bonds. The molecule has 1 N–H and O–H groups in total. The molecule has 45 heavy (non-hydrogen) atoms. The van der Waals surface area contributed by atoms with Gasteiger partial charge in [0.15, 0.2) is 5.78 Å². The fourth-order valence-electron chi connectivity index (χ4n) is 4.68. The van der Waals surface area contributed by atoms with E-state index in [9.17, 15) is 22.8 Å². The van der Waals surface area contributed by atoms with E-state index in [2.05, 4.69) is 25.3 Å².